The van der Waals surface area contributed by atoms with E-state index in [1.807, 2.05) is 88.6 Å². The fourth-order valence-corrected chi connectivity index (χ4v) is 10.2. The Morgan fingerprint density at radius 1 is 0.273 bits per heavy atom. The third kappa shape index (κ3) is 9.95. The molecule has 0 radical (unpaired) electrons. The van der Waals surface area contributed by atoms with Gasteiger partial charge in [-0.25, -0.2) is 0 Å². The van der Waals surface area contributed by atoms with E-state index in [1.54, 1.807) is 0 Å². The monoisotopic (exact) mass is 1160 g/mol. The molecule has 5 nitrogen and oxygen atoms in total. The largest absolute Gasteiger partial charge is 3.00 e. The van der Waals surface area contributed by atoms with Crippen molar-refractivity contribution in [2.24, 2.45) is 0 Å². The number of hydrogen-bond donors (Lipinski definition) is 0. The number of para-hydroxylation sites is 2. The Morgan fingerprint density at radius 3 is 1.21 bits per heavy atom. The summed E-state index contributed by atoms with van der Waals surface area (Å²) in [6.07, 6.45) is 10.1. The molecule has 0 bridgehead atoms. The Morgan fingerprint density at radius 2 is 0.701 bits per heavy atom. The minimum absolute atomic E-state index is 0. The van der Waals surface area contributed by atoms with Gasteiger partial charge >= 0.3 is 20.1 Å². The van der Waals surface area contributed by atoms with Gasteiger partial charge in [-0.2, -0.15) is 58.7 Å². The smallest absolute Gasteiger partial charge is 0.304 e. The van der Waals surface area contributed by atoms with Gasteiger partial charge in [-0.3, -0.25) is 9.36 Å². The molecule has 0 aliphatic carbocycles. The summed E-state index contributed by atoms with van der Waals surface area (Å²) in [6.45, 7) is 0. The van der Waals surface area contributed by atoms with Gasteiger partial charge in [-0.05, 0) is 113 Å². The van der Waals surface area contributed by atoms with Crippen molar-refractivity contribution < 1.29 is 20.1 Å². The topological polar surface area (TPSA) is 48.5 Å². The number of aromatic nitrogens is 5. The summed E-state index contributed by atoms with van der Waals surface area (Å²) in [6, 6.07) is 97.4. The van der Waals surface area contributed by atoms with Crippen LogP contribution in [0.2, 0.25) is 0 Å². The van der Waals surface area contributed by atoms with Gasteiger partial charge in [-0.15, -0.1) is 47.5 Å². The molecule has 77 heavy (non-hydrogen) atoms. The van der Waals surface area contributed by atoms with E-state index in [9.17, 15) is 0 Å². The Balaban J connectivity index is 0.00000596. The summed E-state index contributed by atoms with van der Waals surface area (Å²) < 4.78 is 3.77. The quantitative estimate of drug-likeness (QED) is 0.115. The molecule has 0 amide bonds. The molecule has 0 N–H and O–H groups in total. The van der Waals surface area contributed by atoms with Crippen LogP contribution >= 0.6 is 0 Å². The molecule has 0 fully saturated rings. The maximum Gasteiger partial charge on any atom is 3.00 e. The molecule has 0 aliphatic heterocycles. The molecule has 364 valence electrons. The molecule has 3 aromatic heterocycles. The molecule has 13 aromatic rings. The fourth-order valence-electron chi connectivity index (χ4n) is 10.2. The van der Waals surface area contributed by atoms with E-state index in [2.05, 4.69) is 219 Å². The molecule has 0 saturated heterocycles. The molecule has 13 rings (SSSR count). The van der Waals surface area contributed by atoms with Gasteiger partial charge in [0, 0.05) is 35.3 Å². The van der Waals surface area contributed by atoms with Gasteiger partial charge in [0.05, 0.1) is 12.4 Å². The maximum atomic E-state index is 5.25. The first-order valence-electron chi connectivity index (χ1n) is 25.4. The summed E-state index contributed by atoms with van der Waals surface area (Å²) in [5.41, 5.74) is 23.1. The second-order valence-corrected chi connectivity index (χ2v) is 18.7. The molecule has 0 atom stereocenters. The van der Waals surface area contributed by atoms with Crippen molar-refractivity contribution in [2.45, 2.75) is 0 Å². The van der Waals surface area contributed by atoms with Crippen LogP contribution in [0.1, 0.15) is 0 Å². The van der Waals surface area contributed by atoms with E-state index in [1.165, 1.54) is 11.1 Å². The Labute approximate surface area is 462 Å². The van der Waals surface area contributed by atoms with Gasteiger partial charge < -0.3 is 4.98 Å². The van der Waals surface area contributed by atoms with Crippen LogP contribution in [0.3, 0.4) is 0 Å². The second-order valence-electron chi connectivity index (χ2n) is 18.7. The van der Waals surface area contributed by atoms with Gasteiger partial charge in [0.25, 0.3) is 0 Å². The van der Waals surface area contributed by atoms with Crippen LogP contribution in [0, 0.1) is 18.2 Å². The summed E-state index contributed by atoms with van der Waals surface area (Å²) in [4.78, 5) is 5.25. The van der Waals surface area contributed by atoms with Crippen LogP contribution in [0.15, 0.2) is 280 Å². The summed E-state index contributed by atoms with van der Waals surface area (Å²) in [5, 5.41) is 9.60. The third-order valence-corrected chi connectivity index (χ3v) is 14.0. The van der Waals surface area contributed by atoms with Gasteiger partial charge in [-0.1, -0.05) is 164 Å². The van der Waals surface area contributed by atoms with Crippen molar-refractivity contribution >= 4 is 0 Å². The summed E-state index contributed by atoms with van der Waals surface area (Å²) >= 11 is 0. The minimum atomic E-state index is 0. The number of nitrogens with zero attached hydrogens (tertiary/aromatic N) is 5. The van der Waals surface area contributed by atoms with Crippen LogP contribution in [0.4, 0.5) is 0 Å². The zero-order valence-electron chi connectivity index (χ0n) is 41.6. The number of hydrogen-bond acceptors (Lipinski definition) is 3. The van der Waals surface area contributed by atoms with Crippen LogP contribution in [-0.4, -0.2) is 24.5 Å². The van der Waals surface area contributed by atoms with E-state index >= 15 is 0 Å². The molecular formula is C71H46IrN5. The minimum Gasteiger partial charge on any atom is -0.304 e. The fraction of sp³-hybridized carbons (Fsp3) is 0. The zero-order chi connectivity index (χ0) is 50.6. The predicted molar refractivity (Wildman–Crippen MR) is 309 cm³/mol. The van der Waals surface area contributed by atoms with E-state index in [-0.39, 0.29) is 20.1 Å². The van der Waals surface area contributed by atoms with Crippen molar-refractivity contribution in [2.75, 3.05) is 0 Å². The SMILES string of the molecule is [Ir+3].[c-]1ccc(-c2ccc(-c3ccccc3)cc2)cc1-c1cc(-c2ccccc2)c(-c2ccccc2-c2cc(-c3ccccc3-c3cnn(-c4[c-]cccc4)c3)cc(-c3ccccc3-c3cnn(-c4[c-]cccc4)c3)c2)cn1. The van der Waals surface area contributed by atoms with Crippen molar-refractivity contribution in [3.8, 4) is 123 Å². The van der Waals surface area contributed by atoms with Crippen molar-refractivity contribution in [1.82, 2.24) is 24.5 Å². The molecule has 6 heteroatoms. The summed E-state index contributed by atoms with van der Waals surface area (Å²) in [5.74, 6) is 0. The second kappa shape index (κ2) is 21.7. The number of pyridine rings is 1. The molecule has 0 aliphatic rings. The zero-order valence-corrected chi connectivity index (χ0v) is 44.0. The Kier molecular flexibility index (Phi) is 13.6. The predicted octanol–water partition coefficient (Wildman–Crippen LogP) is 17.5. The van der Waals surface area contributed by atoms with E-state index < -0.39 is 0 Å². The standard InChI is InChI=1S/C71H46N5.Ir/c1-5-20-50(21-6-1)51-36-38-52(39-37-51)54-24-19-25-55(40-54)71-44-69(53-22-7-2-8-23-53)70(47-72-71)68-35-18-17-32-65(68)58-42-56(63-30-13-15-33-66(63)59-45-73-75(48-59)61-26-9-3-10-27-61)41-57(43-58)64-31-14-16-34-67(64)60-46-74-76(49-60)62-28-11-4-12-29-62;/h1-24,26,28,30-49H;/q-3;+3. The van der Waals surface area contributed by atoms with Crippen molar-refractivity contribution in [1.29, 1.82) is 0 Å². The molecule has 3 heterocycles. The maximum absolute atomic E-state index is 5.25. The molecule has 0 spiro atoms. The normalized spacial score (nSPS) is 11.0. The molecule has 10 aromatic carbocycles. The summed E-state index contributed by atoms with van der Waals surface area (Å²) in [7, 11) is 0. The molecular weight excluding hydrogens is 1120 g/mol. The van der Waals surface area contributed by atoms with Gasteiger partial charge in [0.2, 0.25) is 0 Å². The first-order chi connectivity index (χ1) is 37.7. The van der Waals surface area contributed by atoms with Gasteiger partial charge in [0.1, 0.15) is 0 Å². The molecule has 0 unspecified atom stereocenters. The van der Waals surface area contributed by atoms with Crippen LogP contribution in [-0.2, 0) is 20.1 Å². The number of benzene rings is 10. The third-order valence-electron chi connectivity index (χ3n) is 14.0. The van der Waals surface area contributed by atoms with E-state index in [0.717, 1.165) is 112 Å². The van der Waals surface area contributed by atoms with Crippen LogP contribution in [0.5, 0.6) is 0 Å². The average molecular weight is 1160 g/mol. The average Bonchev–Trinajstić information content (AvgIpc) is 4.25. The Hall–Kier alpha value is -9.58. The van der Waals surface area contributed by atoms with E-state index in [4.69, 9.17) is 15.2 Å². The Bertz CT molecular complexity index is 4010. The first-order valence-corrected chi connectivity index (χ1v) is 25.4. The van der Waals surface area contributed by atoms with Crippen LogP contribution in [0.25, 0.3) is 123 Å². The van der Waals surface area contributed by atoms with Crippen molar-refractivity contribution in [3.05, 3.63) is 298 Å². The first kappa shape index (κ1) is 48.4. The van der Waals surface area contributed by atoms with Crippen molar-refractivity contribution in [3.63, 3.8) is 0 Å². The number of rotatable bonds is 12. The van der Waals surface area contributed by atoms with E-state index in [0.29, 0.717) is 0 Å². The van der Waals surface area contributed by atoms with Crippen LogP contribution < -0.4 is 0 Å². The van der Waals surface area contributed by atoms with Gasteiger partial charge in [0.15, 0.2) is 0 Å². The molecule has 0 saturated carbocycles.